The second-order valence-corrected chi connectivity index (χ2v) is 3.01. The highest BCUT2D eigenvalue weighted by atomic mass is 35.5. The Kier molecular flexibility index (Phi) is 5.89. The molecule has 1 aromatic rings. The van der Waals surface area contributed by atoms with Crippen LogP contribution in [0.5, 0.6) is 0 Å². The molecule has 0 radical (unpaired) electrons. The molecular formula is C10H14ClFN2O. The first-order valence-electron chi connectivity index (χ1n) is 4.37. The molecule has 0 fully saturated rings. The van der Waals surface area contributed by atoms with Crippen LogP contribution in [0.15, 0.2) is 24.3 Å². The highest BCUT2D eigenvalue weighted by Gasteiger charge is 2.09. The molecule has 0 aliphatic heterocycles. The number of hydrogen-bond acceptors (Lipinski definition) is 2. The number of benzene rings is 1. The van der Waals surface area contributed by atoms with Crippen LogP contribution in [-0.2, 0) is 4.79 Å². The van der Waals surface area contributed by atoms with Crippen molar-refractivity contribution in [3.8, 4) is 0 Å². The van der Waals surface area contributed by atoms with Gasteiger partial charge in [0.05, 0.1) is 6.04 Å². The lowest BCUT2D eigenvalue weighted by molar-refractivity contribution is -0.117. The summed E-state index contributed by atoms with van der Waals surface area (Å²) in [5, 5.41) is 5.39. The topological polar surface area (TPSA) is 41.1 Å². The highest BCUT2D eigenvalue weighted by molar-refractivity contribution is 5.94. The normalized spacial score (nSPS) is 11.4. The van der Waals surface area contributed by atoms with Crippen LogP contribution >= 0.6 is 12.4 Å². The number of hydrogen-bond donors (Lipinski definition) is 2. The van der Waals surface area contributed by atoms with Crippen LogP contribution in [0.25, 0.3) is 0 Å². The van der Waals surface area contributed by atoms with E-state index in [0.717, 1.165) is 0 Å². The summed E-state index contributed by atoms with van der Waals surface area (Å²) in [7, 11) is 1.69. The van der Waals surface area contributed by atoms with E-state index in [0.29, 0.717) is 5.69 Å². The molecule has 0 heterocycles. The Balaban J connectivity index is 0.00000196. The van der Waals surface area contributed by atoms with Crippen molar-refractivity contribution in [1.29, 1.82) is 0 Å². The van der Waals surface area contributed by atoms with E-state index in [1.807, 2.05) is 0 Å². The summed E-state index contributed by atoms with van der Waals surface area (Å²) >= 11 is 0. The Labute approximate surface area is 94.5 Å². The summed E-state index contributed by atoms with van der Waals surface area (Å²) in [5.41, 5.74) is 0.470. The van der Waals surface area contributed by atoms with Gasteiger partial charge in [-0.3, -0.25) is 4.79 Å². The van der Waals surface area contributed by atoms with E-state index in [-0.39, 0.29) is 30.2 Å². The standard InChI is InChI=1S/C10H13FN2O.ClH/c1-7(12-2)10(14)13-9-5-3-4-8(11)6-9;/h3-7,12H,1-2H3,(H,13,14);1H/t7-;/m1./s1. The molecular weight excluding hydrogens is 219 g/mol. The van der Waals surface area contributed by atoms with Crippen LogP contribution in [-0.4, -0.2) is 19.0 Å². The van der Waals surface area contributed by atoms with E-state index >= 15 is 0 Å². The molecule has 3 nitrogen and oxygen atoms in total. The number of amides is 1. The third-order valence-electron chi connectivity index (χ3n) is 1.92. The Morgan fingerprint density at radius 1 is 1.47 bits per heavy atom. The zero-order chi connectivity index (χ0) is 10.6. The summed E-state index contributed by atoms with van der Waals surface area (Å²) < 4.78 is 12.7. The molecule has 0 unspecified atom stereocenters. The van der Waals surface area contributed by atoms with Crippen molar-refractivity contribution in [2.45, 2.75) is 13.0 Å². The number of anilines is 1. The van der Waals surface area contributed by atoms with Crippen LogP contribution in [0.1, 0.15) is 6.92 Å². The fourth-order valence-corrected chi connectivity index (χ4v) is 0.948. The third-order valence-corrected chi connectivity index (χ3v) is 1.92. The fourth-order valence-electron chi connectivity index (χ4n) is 0.948. The van der Waals surface area contributed by atoms with Gasteiger partial charge in [-0.2, -0.15) is 0 Å². The Morgan fingerprint density at radius 3 is 2.67 bits per heavy atom. The van der Waals surface area contributed by atoms with Crippen LogP contribution in [0.3, 0.4) is 0 Å². The van der Waals surface area contributed by atoms with Crippen molar-refractivity contribution in [3.05, 3.63) is 30.1 Å². The predicted octanol–water partition coefficient (Wildman–Crippen LogP) is 1.79. The van der Waals surface area contributed by atoms with Gasteiger partial charge in [-0.15, -0.1) is 12.4 Å². The fraction of sp³-hybridized carbons (Fsp3) is 0.300. The zero-order valence-electron chi connectivity index (χ0n) is 8.58. The quantitative estimate of drug-likeness (QED) is 0.835. The summed E-state index contributed by atoms with van der Waals surface area (Å²) in [6, 6.07) is 5.51. The van der Waals surface area contributed by atoms with Gasteiger partial charge >= 0.3 is 0 Å². The van der Waals surface area contributed by atoms with Crippen LogP contribution < -0.4 is 10.6 Å². The molecule has 84 valence electrons. The van der Waals surface area contributed by atoms with Gasteiger partial charge < -0.3 is 10.6 Å². The van der Waals surface area contributed by atoms with E-state index in [1.165, 1.54) is 12.1 Å². The molecule has 0 aliphatic carbocycles. The van der Waals surface area contributed by atoms with Gasteiger partial charge in [0, 0.05) is 5.69 Å². The average molecular weight is 233 g/mol. The maximum absolute atomic E-state index is 12.7. The van der Waals surface area contributed by atoms with Crippen molar-refractivity contribution in [2.75, 3.05) is 12.4 Å². The van der Waals surface area contributed by atoms with Gasteiger partial charge in [-0.1, -0.05) is 6.07 Å². The minimum atomic E-state index is -0.361. The summed E-state index contributed by atoms with van der Waals surface area (Å²) in [5.74, 6) is -0.544. The van der Waals surface area contributed by atoms with Crippen molar-refractivity contribution in [3.63, 3.8) is 0 Å². The Hall–Kier alpha value is -1.13. The molecule has 0 saturated carbocycles. The lowest BCUT2D eigenvalue weighted by Gasteiger charge is -2.10. The number of rotatable bonds is 3. The molecule has 0 bridgehead atoms. The SMILES string of the molecule is CN[C@H](C)C(=O)Nc1cccc(F)c1.Cl. The Bertz CT molecular complexity index is 333. The van der Waals surface area contributed by atoms with Crippen molar-refractivity contribution < 1.29 is 9.18 Å². The first-order chi connectivity index (χ1) is 6.63. The second-order valence-electron chi connectivity index (χ2n) is 3.01. The molecule has 1 rings (SSSR count). The maximum atomic E-state index is 12.7. The molecule has 0 aliphatic rings. The second kappa shape index (κ2) is 6.37. The monoisotopic (exact) mass is 232 g/mol. The number of carbonyl (C=O) groups excluding carboxylic acids is 1. The smallest absolute Gasteiger partial charge is 0.241 e. The Morgan fingerprint density at radius 2 is 2.13 bits per heavy atom. The summed E-state index contributed by atoms with van der Waals surface area (Å²) in [6.07, 6.45) is 0. The van der Waals surface area contributed by atoms with Crippen LogP contribution in [0.4, 0.5) is 10.1 Å². The average Bonchev–Trinajstić information content (AvgIpc) is 2.16. The first-order valence-corrected chi connectivity index (χ1v) is 4.37. The third kappa shape index (κ3) is 4.27. The summed E-state index contributed by atoms with van der Waals surface area (Å²) in [6.45, 7) is 1.73. The van der Waals surface area contributed by atoms with Crippen LogP contribution in [0.2, 0.25) is 0 Å². The van der Waals surface area contributed by atoms with Gasteiger partial charge in [-0.05, 0) is 32.2 Å². The molecule has 1 aromatic carbocycles. The van der Waals surface area contributed by atoms with Gasteiger partial charge in [0.1, 0.15) is 5.82 Å². The molecule has 1 atom stereocenters. The minimum Gasteiger partial charge on any atom is -0.325 e. The van der Waals surface area contributed by atoms with E-state index in [2.05, 4.69) is 10.6 Å². The van der Waals surface area contributed by atoms with E-state index in [1.54, 1.807) is 26.1 Å². The molecule has 0 spiro atoms. The lowest BCUT2D eigenvalue weighted by atomic mass is 10.2. The zero-order valence-corrected chi connectivity index (χ0v) is 9.40. The molecule has 0 saturated heterocycles. The predicted molar refractivity (Wildman–Crippen MR) is 60.8 cm³/mol. The first kappa shape index (κ1) is 13.9. The highest BCUT2D eigenvalue weighted by Crippen LogP contribution is 2.09. The van der Waals surface area contributed by atoms with E-state index < -0.39 is 0 Å². The minimum absolute atomic E-state index is 0. The molecule has 0 aromatic heterocycles. The van der Waals surface area contributed by atoms with Gasteiger partial charge in [0.2, 0.25) is 5.91 Å². The van der Waals surface area contributed by atoms with Gasteiger partial charge in [-0.25, -0.2) is 4.39 Å². The number of likely N-dealkylation sites (N-methyl/N-ethyl adjacent to an activating group) is 1. The molecule has 2 N–H and O–H groups in total. The van der Waals surface area contributed by atoms with Gasteiger partial charge in [0.15, 0.2) is 0 Å². The van der Waals surface area contributed by atoms with Crippen LogP contribution in [0, 0.1) is 5.82 Å². The van der Waals surface area contributed by atoms with Crippen molar-refractivity contribution in [2.24, 2.45) is 0 Å². The molecule has 15 heavy (non-hydrogen) atoms. The largest absolute Gasteiger partial charge is 0.325 e. The molecule has 1 amide bonds. The van der Waals surface area contributed by atoms with Crippen molar-refractivity contribution in [1.82, 2.24) is 5.32 Å². The van der Waals surface area contributed by atoms with E-state index in [4.69, 9.17) is 0 Å². The molecule has 5 heteroatoms. The van der Waals surface area contributed by atoms with E-state index in [9.17, 15) is 9.18 Å². The van der Waals surface area contributed by atoms with Gasteiger partial charge in [0.25, 0.3) is 0 Å². The maximum Gasteiger partial charge on any atom is 0.241 e. The lowest BCUT2D eigenvalue weighted by Crippen LogP contribution is -2.35. The number of halogens is 2. The number of nitrogens with one attached hydrogen (secondary N) is 2. The summed E-state index contributed by atoms with van der Waals surface area (Å²) in [4.78, 5) is 11.4. The van der Waals surface area contributed by atoms with Crippen molar-refractivity contribution >= 4 is 24.0 Å². The number of carbonyl (C=O) groups is 1.